The SMILES string of the molecule is COC(=O)C(C)(C)c1cccc(F)c1. The number of benzene rings is 1. The van der Waals surface area contributed by atoms with Crippen LogP contribution in [0.3, 0.4) is 0 Å². The summed E-state index contributed by atoms with van der Waals surface area (Å²) >= 11 is 0. The summed E-state index contributed by atoms with van der Waals surface area (Å²) < 4.78 is 17.6. The molecule has 0 radical (unpaired) electrons. The Labute approximate surface area is 82.7 Å². The maximum absolute atomic E-state index is 12.9. The van der Waals surface area contributed by atoms with Gasteiger partial charge in [0.2, 0.25) is 0 Å². The van der Waals surface area contributed by atoms with Gasteiger partial charge in [0.05, 0.1) is 12.5 Å². The number of esters is 1. The lowest BCUT2D eigenvalue weighted by molar-refractivity contribution is -0.146. The van der Waals surface area contributed by atoms with Crippen LogP contribution in [0.4, 0.5) is 4.39 Å². The van der Waals surface area contributed by atoms with Gasteiger partial charge in [-0.3, -0.25) is 4.79 Å². The van der Waals surface area contributed by atoms with E-state index >= 15 is 0 Å². The van der Waals surface area contributed by atoms with Crippen molar-refractivity contribution >= 4 is 5.97 Å². The quantitative estimate of drug-likeness (QED) is 0.678. The molecule has 0 bridgehead atoms. The summed E-state index contributed by atoms with van der Waals surface area (Å²) in [6.45, 7) is 3.40. The molecule has 0 aliphatic carbocycles. The molecular weight excluding hydrogens is 183 g/mol. The molecule has 0 heterocycles. The first-order valence-electron chi connectivity index (χ1n) is 4.33. The van der Waals surface area contributed by atoms with Gasteiger partial charge in [0.25, 0.3) is 0 Å². The van der Waals surface area contributed by atoms with Crippen molar-refractivity contribution < 1.29 is 13.9 Å². The Bertz CT molecular complexity index is 345. The normalized spacial score (nSPS) is 11.1. The summed E-state index contributed by atoms with van der Waals surface area (Å²) in [7, 11) is 1.32. The minimum Gasteiger partial charge on any atom is -0.468 e. The average molecular weight is 196 g/mol. The first-order chi connectivity index (χ1) is 6.48. The van der Waals surface area contributed by atoms with Gasteiger partial charge in [-0.1, -0.05) is 12.1 Å². The van der Waals surface area contributed by atoms with E-state index in [0.29, 0.717) is 5.56 Å². The molecule has 0 saturated carbocycles. The predicted octanol–water partition coefficient (Wildman–Crippen LogP) is 2.28. The molecule has 2 nitrogen and oxygen atoms in total. The molecule has 0 atom stereocenters. The molecule has 0 unspecified atom stereocenters. The van der Waals surface area contributed by atoms with Crippen molar-refractivity contribution in [3.05, 3.63) is 35.6 Å². The van der Waals surface area contributed by atoms with E-state index in [1.54, 1.807) is 26.0 Å². The van der Waals surface area contributed by atoms with Crippen LogP contribution in [-0.2, 0) is 14.9 Å². The molecule has 76 valence electrons. The molecule has 0 saturated heterocycles. The van der Waals surface area contributed by atoms with E-state index < -0.39 is 5.41 Å². The zero-order valence-corrected chi connectivity index (χ0v) is 8.50. The Balaban J connectivity index is 3.09. The molecule has 0 spiro atoms. The van der Waals surface area contributed by atoms with Gasteiger partial charge in [0, 0.05) is 0 Å². The lowest BCUT2D eigenvalue weighted by atomic mass is 9.85. The van der Waals surface area contributed by atoms with E-state index in [9.17, 15) is 9.18 Å². The van der Waals surface area contributed by atoms with Crippen LogP contribution < -0.4 is 0 Å². The maximum atomic E-state index is 12.9. The van der Waals surface area contributed by atoms with Crippen molar-refractivity contribution in [2.24, 2.45) is 0 Å². The maximum Gasteiger partial charge on any atom is 0.315 e. The lowest BCUT2D eigenvalue weighted by Gasteiger charge is -2.21. The van der Waals surface area contributed by atoms with Crippen molar-refractivity contribution in [2.75, 3.05) is 7.11 Å². The van der Waals surface area contributed by atoms with Crippen LogP contribution >= 0.6 is 0 Å². The van der Waals surface area contributed by atoms with Crippen LogP contribution in [0.5, 0.6) is 0 Å². The Hall–Kier alpha value is -1.38. The second-order valence-electron chi connectivity index (χ2n) is 3.63. The molecule has 0 fully saturated rings. The molecule has 1 rings (SSSR count). The fourth-order valence-corrected chi connectivity index (χ4v) is 1.25. The van der Waals surface area contributed by atoms with E-state index in [1.807, 2.05) is 0 Å². The van der Waals surface area contributed by atoms with Gasteiger partial charge < -0.3 is 4.74 Å². The molecule has 0 aromatic heterocycles. The minimum absolute atomic E-state index is 0.348. The van der Waals surface area contributed by atoms with Crippen LogP contribution in [0.1, 0.15) is 19.4 Å². The van der Waals surface area contributed by atoms with E-state index in [2.05, 4.69) is 4.74 Å². The summed E-state index contributed by atoms with van der Waals surface area (Å²) in [4.78, 5) is 11.4. The van der Waals surface area contributed by atoms with Gasteiger partial charge in [-0.15, -0.1) is 0 Å². The van der Waals surface area contributed by atoms with Crippen LogP contribution in [-0.4, -0.2) is 13.1 Å². The van der Waals surface area contributed by atoms with Crippen molar-refractivity contribution in [3.63, 3.8) is 0 Å². The predicted molar refractivity (Wildman–Crippen MR) is 51.4 cm³/mol. The highest BCUT2D eigenvalue weighted by Crippen LogP contribution is 2.24. The van der Waals surface area contributed by atoms with E-state index in [0.717, 1.165) is 0 Å². The molecule has 0 N–H and O–H groups in total. The van der Waals surface area contributed by atoms with Crippen LogP contribution in [0.15, 0.2) is 24.3 Å². The monoisotopic (exact) mass is 196 g/mol. The Morgan fingerprint density at radius 1 is 1.43 bits per heavy atom. The number of carbonyl (C=O) groups is 1. The van der Waals surface area contributed by atoms with E-state index in [1.165, 1.54) is 19.2 Å². The van der Waals surface area contributed by atoms with Crippen LogP contribution in [0, 0.1) is 5.82 Å². The highest BCUT2D eigenvalue weighted by atomic mass is 19.1. The fourth-order valence-electron chi connectivity index (χ4n) is 1.25. The zero-order valence-electron chi connectivity index (χ0n) is 8.50. The van der Waals surface area contributed by atoms with Crippen molar-refractivity contribution in [3.8, 4) is 0 Å². The Kier molecular flexibility index (Phi) is 2.89. The third-order valence-electron chi connectivity index (χ3n) is 2.24. The number of halogens is 1. The number of carbonyl (C=O) groups excluding carboxylic acids is 1. The molecule has 14 heavy (non-hydrogen) atoms. The topological polar surface area (TPSA) is 26.3 Å². The highest BCUT2D eigenvalue weighted by molar-refractivity contribution is 5.82. The van der Waals surface area contributed by atoms with Gasteiger partial charge in [-0.2, -0.15) is 0 Å². The zero-order chi connectivity index (χ0) is 10.8. The van der Waals surface area contributed by atoms with Gasteiger partial charge in [0.15, 0.2) is 0 Å². The summed E-state index contributed by atoms with van der Waals surface area (Å²) in [5.41, 5.74) is -0.194. The molecular formula is C11H13FO2. The van der Waals surface area contributed by atoms with Gasteiger partial charge in [0.1, 0.15) is 5.82 Å². The second kappa shape index (κ2) is 3.78. The first kappa shape index (κ1) is 10.7. The summed E-state index contributed by atoms with van der Waals surface area (Å²) in [5, 5.41) is 0. The second-order valence-corrected chi connectivity index (χ2v) is 3.63. The summed E-state index contributed by atoms with van der Waals surface area (Å²) in [6, 6.07) is 5.98. The van der Waals surface area contributed by atoms with Crippen LogP contribution in [0.25, 0.3) is 0 Å². The lowest BCUT2D eigenvalue weighted by Crippen LogP contribution is -2.30. The van der Waals surface area contributed by atoms with Gasteiger partial charge >= 0.3 is 5.97 Å². The standard InChI is InChI=1S/C11H13FO2/c1-11(2,10(13)14-3)8-5-4-6-9(12)7-8/h4-7H,1-3H3. The van der Waals surface area contributed by atoms with Crippen molar-refractivity contribution in [1.29, 1.82) is 0 Å². The largest absolute Gasteiger partial charge is 0.468 e. The van der Waals surface area contributed by atoms with Crippen molar-refractivity contribution in [2.45, 2.75) is 19.3 Å². The number of ether oxygens (including phenoxy) is 1. The Morgan fingerprint density at radius 3 is 2.57 bits per heavy atom. The first-order valence-corrected chi connectivity index (χ1v) is 4.33. The number of rotatable bonds is 2. The number of methoxy groups -OCH3 is 1. The molecule has 1 aromatic rings. The summed E-state index contributed by atoms with van der Waals surface area (Å²) in [6.07, 6.45) is 0. The summed E-state index contributed by atoms with van der Waals surface area (Å²) in [5.74, 6) is -0.720. The Morgan fingerprint density at radius 2 is 2.07 bits per heavy atom. The molecule has 0 aliphatic rings. The smallest absolute Gasteiger partial charge is 0.315 e. The minimum atomic E-state index is -0.809. The number of hydrogen-bond donors (Lipinski definition) is 0. The highest BCUT2D eigenvalue weighted by Gasteiger charge is 2.30. The molecule has 0 amide bonds. The van der Waals surface area contributed by atoms with Gasteiger partial charge in [-0.05, 0) is 31.5 Å². The fraction of sp³-hybridized carbons (Fsp3) is 0.364. The van der Waals surface area contributed by atoms with Gasteiger partial charge in [-0.25, -0.2) is 4.39 Å². The average Bonchev–Trinajstić information content (AvgIpc) is 2.16. The van der Waals surface area contributed by atoms with E-state index in [-0.39, 0.29) is 11.8 Å². The molecule has 1 aromatic carbocycles. The molecule has 3 heteroatoms. The number of hydrogen-bond acceptors (Lipinski definition) is 2. The van der Waals surface area contributed by atoms with Crippen molar-refractivity contribution in [1.82, 2.24) is 0 Å². The van der Waals surface area contributed by atoms with Crippen LogP contribution in [0.2, 0.25) is 0 Å². The third-order valence-corrected chi connectivity index (χ3v) is 2.24. The third kappa shape index (κ3) is 1.92. The van der Waals surface area contributed by atoms with E-state index in [4.69, 9.17) is 0 Å². The molecule has 0 aliphatic heterocycles.